The molecule has 4 nitrogen and oxygen atoms in total. The zero-order chi connectivity index (χ0) is 28.7. The van der Waals surface area contributed by atoms with E-state index in [1.807, 2.05) is 109 Å². The number of nitrogens with zero attached hydrogens (tertiary/aromatic N) is 1. The van der Waals surface area contributed by atoms with Gasteiger partial charge in [-0.05, 0) is 58.7 Å². The lowest BCUT2D eigenvalue weighted by Gasteiger charge is -2.31. The summed E-state index contributed by atoms with van der Waals surface area (Å²) in [6.45, 7) is 0.170. The van der Waals surface area contributed by atoms with Crippen molar-refractivity contribution in [2.45, 2.75) is 31.5 Å². The summed E-state index contributed by atoms with van der Waals surface area (Å²) in [7, 11) is 0. The van der Waals surface area contributed by atoms with E-state index in [4.69, 9.17) is 4.74 Å². The smallest absolute Gasteiger partial charge is 0.329 e. The van der Waals surface area contributed by atoms with Gasteiger partial charge in [0.1, 0.15) is 12.6 Å². The summed E-state index contributed by atoms with van der Waals surface area (Å²) in [5.41, 5.74) is 5.79. The molecule has 1 fully saturated rings. The number of ether oxygens (including phenoxy) is 1. The van der Waals surface area contributed by atoms with Crippen molar-refractivity contribution >= 4 is 11.9 Å². The number of rotatable bonds is 8. The molecule has 1 aliphatic heterocycles. The van der Waals surface area contributed by atoms with Gasteiger partial charge in [-0.15, -0.1) is 0 Å². The SMILES string of the molecule is O=C(OCc1ccccc1)C1CC(Cc2ccccc2)C(c2ccccc2)N1C(=O)c1ccc(-c2ccccc2)cc1. The second-order valence-electron chi connectivity index (χ2n) is 10.8. The Kier molecular flexibility index (Phi) is 8.23. The molecule has 1 aliphatic rings. The lowest BCUT2D eigenvalue weighted by molar-refractivity contribution is -0.149. The minimum absolute atomic E-state index is 0.0385. The predicted molar refractivity (Wildman–Crippen MR) is 166 cm³/mol. The first kappa shape index (κ1) is 27.2. The largest absolute Gasteiger partial charge is 0.459 e. The summed E-state index contributed by atoms with van der Waals surface area (Å²) in [5.74, 6) is -0.498. The molecular formula is C38H33NO3. The second kappa shape index (κ2) is 12.7. The summed E-state index contributed by atoms with van der Waals surface area (Å²) in [6.07, 6.45) is 1.27. The predicted octanol–water partition coefficient (Wildman–Crippen LogP) is 7.91. The van der Waals surface area contributed by atoms with Crippen LogP contribution in [-0.2, 0) is 22.6 Å². The van der Waals surface area contributed by atoms with Gasteiger partial charge >= 0.3 is 5.97 Å². The second-order valence-corrected chi connectivity index (χ2v) is 10.8. The van der Waals surface area contributed by atoms with Crippen molar-refractivity contribution in [3.8, 4) is 11.1 Å². The fraction of sp³-hybridized carbons (Fsp3) is 0.158. The molecule has 1 saturated heterocycles. The average Bonchev–Trinajstić information content (AvgIpc) is 3.44. The van der Waals surface area contributed by atoms with Crippen LogP contribution in [0, 0.1) is 5.92 Å². The van der Waals surface area contributed by atoms with E-state index >= 15 is 0 Å². The van der Waals surface area contributed by atoms with Gasteiger partial charge < -0.3 is 9.64 Å². The van der Waals surface area contributed by atoms with Crippen LogP contribution in [0.4, 0.5) is 0 Å². The molecule has 0 spiro atoms. The van der Waals surface area contributed by atoms with Gasteiger partial charge in [0.25, 0.3) is 5.91 Å². The molecule has 0 bridgehead atoms. The summed E-state index contributed by atoms with van der Waals surface area (Å²) in [6, 6.07) is 46.8. The standard InChI is InChI=1S/C38H33NO3/c40-37(33-23-21-31(22-24-33)30-17-9-3-10-18-30)39-35(38(41)42-27-29-15-7-2-8-16-29)26-34(25-28-13-5-1-6-14-28)36(39)32-19-11-4-12-20-32/h1-24,34-36H,25-27H2. The number of hydrogen-bond donors (Lipinski definition) is 0. The molecule has 4 heteroatoms. The van der Waals surface area contributed by atoms with E-state index in [-0.39, 0.29) is 30.4 Å². The van der Waals surface area contributed by atoms with Crippen LogP contribution in [0.1, 0.15) is 39.5 Å². The molecule has 0 radical (unpaired) electrons. The van der Waals surface area contributed by atoms with E-state index < -0.39 is 6.04 Å². The number of benzene rings is 5. The van der Waals surface area contributed by atoms with Crippen molar-refractivity contribution in [2.75, 3.05) is 0 Å². The van der Waals surface area contributed by atoms with Crippen molar-refractivity contribution in [2.24, 2.45) is 5.92 Å². The molecule has 42 heavy (non-hydrogen) atoms. The molecular weight excluding hydrogens is 518 g/mol. The lowest BCUT2D eigenvalue weighted by Crippen LogP contribution is -2.43. The van der Waals surface area contributed by atoms with Gasteiger partial charge in [0, 0.05) is 5.56 Å². The molecule has 1 heterocycles. The summed E-state index contributed by atoms with van der Waals surface area (Å²) >= 11 is 0. The van der Waals surface area contributed by atoms with Gasteiger partial charge in [-0.2, -0.15) is 0 Å². The molecule has 3 atom stereocenters. The Morgan fingerprint density at radius 2 is 1.14 bits per heavy atom. The van der Waals surface area contributed by atoms with Crippen LogP contribution in [0.5, 0.6) is 0 Å². The van der Waals surface area contributed by atoms with Crippen molar-refractivity contribution in [3.63, 3.8) is 0 Å². The van der Waals surface area contributed by atoms with Gasteiger partial charge in [-0.1, -0.05) is 133 Å². The molecule has 6 rings (SSSR count). The average molecular weight is 552 g/mol. The third-order valence-corrected chi connectivity index (χ3v) is 8.06. The number of likely N-dealkylation sites (tertiary alicyclic amines) is 1. The highest BCUT2D eigenvalue weighted by molar-refractivity contribution is 5.98. The Labute approximate surface area is 247 Å². The third-order valence-electron chi connectivity index (χ3n) is 8.06. The first-order valence-corrected chi connectivity index (χ1v) is 14.4. The minimum atomic E-state index is -0.700. The molecule has 0 saturated carbocycles. The molecule has 1 amide bonds. The Morgan fingerprint density at radius 1 is 0.619 bits per heavy atom. The molecule has 0 N–H and O–H groups in total. The molecule has 5 aromatic rings. The van der Waals surface area contributed by atoms with E-state index in [1.165, 1.54) is 5.56 Å². The van der Waals surface area contributed by atoms with Gasteiger partial charge in [0.05, 0.1) is 6.04 Å². The molecule has 3 unspecified atom stereocenters. The number of amides is 1. The maximum atomic E-state index is 14.4. The Morgan fingerprint density at radius 3 is 1.76 bits per heavy atom. The lowest BCUT2D eigenvalue weighted by atomic mass is 9.87. The Bertz CT molecular complexity index is 1600. The van der Waals surface area contributed by atoms with Crippen molar-refractivity contribution < 1.29 is 14.3 Å². The van der Waals surface area contributed by atoms with Crippen LogP contribution in [0.2, 0.25) is 0 Å². The zero-order valence-corrected chi connectivity index (χ0v) is 23.4. The van der Waals surface area contributed by atoms with Crippen molar-refractivity contribution in [3.05, 3.63) is 168 Å². The Hall–Kier alpha value is -4.96. The highest BCUT2D eigenvalue weighted by Gasteiger charge is 2.48. The molecule has 208 valence electrons. The van der Waals surface area contributed by atoms with E-state index in [0.717, 1.165) is 28.7 Å². The summed E-state index contributed by atoms with van der Waals surface area (Å²) in [4.78, 5) is 29.9. The number of carbonyl (C=O) groups is 2. The van der Waals surface area contributed by atoms with E-state index in [1.54, 1.807) is 4.90 Å². The van der Waals surface area contributed by atoms with Crippen LogP contribution in [0.15, 0.2) is 146 Å². The Balaban J connectivity index is 1.35. The monoisotopic (exact) mass is 551 g/mol. The van der Waals surface area contributed by atoms with Crippen molar-refractivity contribution in [1.29, 1.82) is 0 Å². The number of hydrogen-bond acceptors (Lipinski definition) is 3. The van der Waals surface area contributed by atoms with Crippen LogP contribution in [0.25, 0.3) is 11.1 Å². The quantitative estimate of drug-likeness (QED) is 0.184. The minimum Gasteiger partial charge on any atom is -0.459 e. The van der Waals surface area contributed by atoms with E-state index in [9.17, 15) is 9.59 Å². The first-order chi connectivity index (χ1) is 20.7. The first-order valence-electron chi connectivity index (χ1n) is 14.4. The van der Waals surface area contributed by atoms with Crippen LogP contribution >= 0.6 is 0 Å². The number of carbonyl (C=O) groups excluding carboxylic acids is 2. The summed E-state index contributed by atoms with van der Waals surface area (Å²) < 4.78 is 5.86. The molecule has 0 aromatic heterocycles. The van der Waals surface area contributed by atoms with Gasteiger partial charge in [0.15, 0.2) is 0 Å². The topological polar surface area (TPSA) is 46.6 Å². The molecule has 0 aliphatic carbocycles. The van der Waals surface area contributed by atoms with Gasteiger partial charge in [-0.25, -0.2) is 4.79 Å². The highest BCUT2D eigenvalue weighted by Crippen LogP contribution is 2.44. The van der Waals surface area contributed by atoms with Gasteiger partial charge in [0.2, 0.25) is 0 Å². The maximum Gasteiger partial charge on any atom is 0.329 e. The zero-order valence-electron chi connectivity index (χ0n) is 23.4. The van der Waals surface area contributed by atoms with E-state index in [0.29, 0.717) is 12.0 Å². The fourth-order valence-electron chi connectivity index (χ4n) is 6.03. The highest BCUT2D eigenvalue weighted by atomic mass is 16.5. The van der Waals surface area contributed by atoms with E-state index in [2.05, 4.69) is 36.4 Å². The van der Waals surface area contributed by atoms with Crippen LogP contribution in [-0.4, -0.2) is 22.8 Å². The van der Waals surface area contributed by atoms with Crippen molar-refractivity contribution in [1.82, 2.24) is 4.90 Å². The maximum absolute atomic E-state index is 14.4. The number of esters is 1. The molecule has 5 aromatic carbocycles. The summed E-state index contributed by atoms with van der Waals surface area (Å²) in [5, 5.41) is 0. The van der Waals surface area contributed by atoms with Crippen LogP contribution < -0.4 is 0 Å². The van der Waals surface area contributed by atoms with Gasteiger partial charge in [-0.3, -0.25) is 4.79 Å². The normalized spacial score (nSPS) is 18.0. The van der Waals surface area contributed by atoms with Crippen LogP contribution in [0.3, 0.4) is 0 Å². The fourth-order valence-corrected chi connectivity index (χ4v) is 6.03. The third kappa shape index (κ3) is 6.03.